The van der Waals surface area contributed by atoms with Crippen LogP contribution in [0.4, 0.5) is 0 Å². The van der Waals surface area contributed by atoms with E-state index in [0.29, 0.717) is 25.7 Å². The molecule has 0 unspecified atom stereocenters. The van der Waals surface area contributed by atoms with Crippen molar-refractivity contribution in [3.05, 3.63) is 10.1 Å². The molecular formula is C12H21N3O5. The number of nitrogens with one attached hydrogen (secondary N) is 1. The Morgan fingerprint density at radius 1 is 1.25 bits per heavy atom. The first-order valence-corrected chi connectivity index (χ1v) is 6.69. The van der Waals surface area contributed by atoms with Gasteiger partial charge in [0.1, 0.15) is 6.10 Å². The van der Waals surface area contributed by atoms with E-state index in [1.54, 1.807) is 14.1 Å². The summed E-state index contributed by atoms with van der Waals surface area (Å²) in [6.07, 6.45) is 2.43. The molecule has 0 aromatic rings. The van der Waals surface area contributed by atoms with Gasteiger partial charge in [-0.1, -0.05) is 0 Å². The maximum atomic E-state index is 11.7. The fourth-order valence-corrected chi connectivity index (χ4v) is 2.18. The topological polar surface area (TPSA) is 102 Å². The van der Waals surface area contributed by atoms with Crippen molar-refractivity contribution in [1.29, 1.82) is 0 Å². The van der Waals surface area contributed by atoms with E-state index in [4.69, 9.17) is 0 Å². The van der Waals surface area contributed by atoms with Crippen molar-refractivity contribution in [1.82, 2.24) is 10.2 Å². The summed E-state index contributed by atoms with van der Waals surface area (Å²) in [5.41, 5.74) is 0. The number of carbonyl (C=O) groups excluding carboxylic acids is 2. The van der Waals surface area contributed by atoms with Crippen molar-refractivity contribution < 1.29 is 19.5 Å². The Kier molecular flexibility index (Phi) is 6.20. The molecular weight excluding hydrogens is 266 g/mol. The van der Waals surface area contributed by atoms with Crippen molar-refractivity contribution in [2.45, 2.75) is 50.7 Å². The lowest BCUT2D eigenvalue weighted by Crippen LogP contribution is -2.39. The first-order chi connectivity index (χ1) is 9.38. The Bertz CT molecular complexity index is 364. The number of nitrogens with zero attached hydrogens (tertiary/aromatic N) is 2. The Morgan fingerprint density at radius 3 is 2.35 bits per heavy atom. The third kappa shape index (κ3) is 5.85. The molecule has 2 amide bonds. The monoisotopic (exact) mass is 287 g/mol. The summed E-state index contributed by atoms with van der Waals surface area (Å²) in [7, 11) is 3.30. The molecule has 0 aromatic heterocycles. The molecule has 1 saturated carbocycles. The van der Waals surface area contributed by atoms with Gasteiger partial charge in [0.15, 0.2) is 0 Å². The Balaban J connectivity index is 2.21. The number of hydrogen-bond acceptors (Lipinski definition) is 5. The first-order valence-electron chi connectivity index (χ1n) is 6.69. The molecule has 114 valence electrons. The summed E-state index contributed by atoms with van der Waals surface area (Å²) in [6.45, 7) is 0. The molecule has 0 bridgehead atoms. The Morgan fingerprint density at radius 2 is 1.85 bits per heavy atom. The number of carbonyl (C=O) groups is 2. The molecule has 1 N–H and O–H groups in total. The predicted octanol–water partition coefficient (Wildman–Crippen LogP) is 0.491. The van der Waals surface area contributed by atoms with Crippen LogP contribution in [0, 0.1) is 10.1 Å². The summed E-state index contributed by atoms with van der Waals surface area (Å²) in [6, 6.07) is 0.0172. The van der Waals surface area contributed by atoms with E-state index in [9.17, 15) is 19.7 Å². The van der Waals surface area contributed by atoms with Gasteiger partial charge < -0.3 is 15.1 Å². The van der Waals surface area contributed by atoms with Crippen LogP contribution in [0.3, 0.4) is 0 Å². The summed E-state index contributed by atoms with van der Waals surface area (Å²) < 4.78 is 0. The number of amides is 2. The van der Waals surface area contributed by atoms with Crippen molar-refractivity contribution in [3.8, 4) is 0 Å². The lowest BCUT2D eigenvalue weighted by atomic mass is 9.93. The van der Waals surface area contributed by atoms with Crippen molar-refractivity contribution in [2.75, 3.05) is 14.1 Å². The minimum atomic E-state index is -0.767. The summed E-state index contributed by atoms with van der Waals surface area (Å²) >= 11 is 0. The van der Waals surface area contributed by atoms with E-state index >= 15 is 0 Å². The molecule has 0 aliphatic heterocycles. The van der Waals surface area contributed by atoms with Gasteiger partial charge in [-0.2, -0.15) is 0 Å². The highest BCUT2D eigenvalue weighted by Gasteiger charge is 2.24. The molecule has 8 heteroatoms. The lowest BCUT2D eigenvalue weighted by Gasteiger charge is -2.27. The molecule has 1 fully saturated rings. The minimum Gasteiger partial charge on any atom is -0.353 e. The SMILES string of the molecule is CN(C)C(=O)CCC(=O)NC1CCC(O[N+](=O)[O-])CC1. The highest BCUT2D eigenvalue weighted by Crippen LogP contribution is 2.21. The number of hydrogen-bond donors (Lipinski definition) is 1. The van der Waals surface area contributed by atoms with E-state index < -0.39 is 5.09 Å². The molecule has 1 rings (SSSR count). The standard InChI is InChI=1S/C12H21N3O5/c1-14(2)12(17)8-7-11(16)13-9-3-5-10(6-4-9)20-15(18)19/h9-10H,3-8H2,1-2H3,(H,13,16). The molecule has 0 saturated heterocycles. The molecule has 0 aromatic carbocycles. The fraction of sp³-hybridized carbons (Fsp3) is 0.833. The van der Waals surface area contributed by atoms with Crippen LogP contribution in [-0.4, -0.2) is 48.0 Å². The van der Waals surface area contributed by atoms with Gasteiger partial charge in [0.25, 0.3) is 5.09 Å². The van der Waals surface area contributed by atoms with Gasteiger partial charge in [-0.25, -0.2) is 0 Å². The highest BCUT2D eigenvalue weighted by atomic mass is 17.0. The third-order valence-electron chi connectivity index (χ3n) is 3.34. The van der Waals surface area contributed by atoms with E-state index in [-0.39, 0.29) is 36.8 Å². The van der Waals surface area contributed by atoms with Crippen LogP contribution < -0.4 is 5.32 Å². The molecule has 20 heavy (non-hydrogen) atoms. The zero-order valence-corrected chi connectivity index (χ0v) is 11.8. The predicted molar refractivity (Wildman–Crippen MR) is 70.2 cm³/mol. The van der Waals surface area contributed by atoms with E-state index in [0.717, 1.165) is 0 Å². The van der Waals surface area contributed by atoms with Crippen LogP contribution >= 0.6 is 0 Å². The normalized spacial score (nSPS) is 21.9. The molecule has 0 spiro atoms. The van der Waals surface area contributed by atoms with Crippen LogP contribution in [0.2, 0.25) is 0 Å². The smallest absolute Gasteiger partial charge is 0.294 e. The summed E-state index contributed by atoms with van der Waals surface area (Å²) in [4.78, 5) is 39.2. The van der Waals surface area contributed by atoms with Gasteiger partial charge in [-0.15, -0.1) is 10.1 Å². The van der Waals surface area contributed by atoms with Crippen LogP contribution in [0.25, 0.3) is 0 Å². The molecule has 1 aliphatic carbocycles. The van der Waals surface area contributed by atoms with Gasteiger partial charge >= 0.3 is 0 Å². The Labute approximate surface area is 117 Å². The highest BCUT2D eigenvalue weighted by molar-refractivity contribution is 5.83. The quantitative estimate of drug-likeness (QED) is 0.566. The second-order valence-corrected chi connectivity index (χ2v) is 5.16. The average Bonchev–Trinajstić information content (AvgIpc) is 2.37. The van der Waals surface area contributed by atoms with Gasteiger partial charge in [-0.3, -0.25) is 9.59 Å². The van der Waals surface area contributed by atoms with E-state index in [1.807, 2.05) is 0 Å². The Hall–Kier alpha value is -1.86. The van der Waals surface area contributed by atoms with E-state index in [1.165, 1.54) is 4.90 Å². The molecule has 0 heterocycles. The second-order valence-electron chi connectivity index (χ2n) is 5.16. The van der Waals surface area contributed by atoms with Crippen LogP contribution in [-0.2, 0) is 14.4 Å². The van der Waals surface area contributed by atoms with Crippen molar-refractivity contribution in [3.63, 3.8) is 0 Å². The van der Waals surface area contributed by atoms with Crippen molar-refractivity contribution >= 4 is 11.8 Å². The van der Waals surface area contributed by atoms with Crippen LogP contribution in [0.5, 0.6) is 0 Å². The maximum Gasteiger partial charge on any atom is 0.294 e. The van der Waals surface area contributed by atoms with Gasteiger partial charge in [-0.05, 0) is 25.7 Å². The van der Waals surface area contributed by atoms with Crippen LogP contribution in [0.1, 0.15) is 38.5 Å². The fourth-order valence-electron chi connectivity index (χ4n) is 2.18. The average molecular weight is 287 g/mol. The zero-order chi connectivity index (χ0) is 15.1. The molecule has 8 nitrogen and oxygen atoms in total. The van der Waals surface area contributed by atoms with Gasteiger partial charge in [0.05, 0.1) is 0 Å². The lowest BCUT2D eigenvalue weighted by molar-refractivity contribution is -0.769. The van der Waals surface area contributed by atoms with Crippen molar-refractivity contribution in [2.24, 2.45) is 0 Å². The first kappa shape index (κ1) is 16.2. The molecule has 0 atom stereocenters. The summed E-state index contributed by atoms with van der Waals surface area (Å²) in [5, 5.41) is 12.3. The molecule has 0 radical (unpaired) electrons. The second kappa shape index (κ2) is 7.66. The van der Waals surface area contributed by atoms with Gasteiger partial charge in [0, 0.05) is 33.0 Å². The third-order valence-corrected chi connectivity index (χ3v) is 3.34. The zero-order valence-electron chi connectivity index (χ0n) is 11.8. The number of rotatable bonds is 6. The largest absolute Gasteiger partial charge is 0.353 e. The van der Waals surface area contributed by atoms with E-state index in [2.05, 4.69) is 10.2 Å². The minimum absolute atomic E-state index is 0.0172. The van der Waals surface area contributed by atoms with Gasteiger partial charge in [0.2, 0.25) is 11.8 Å². The maximum absolute atomic E-state index is 11.7. The molecule has 1 aliphatic rings. The van der Waals surface area contributed by atoms with Crippen LogP contribution in [0.15, 0.2) is 0 Å². The summed E-state index contributed by atoms with van der Waals surface area (Å²) in [5.74, 6) is -0.234.